The van der Waals surface area contributed by atoms with E-state index < -0.39 is 11.6 Å². The van der Waals surface area contributed by atoms with E-state index in [1.165, 1.54) is 31.4 Å². The van der Waals surface area contributed by atoms with Crippen molar-refractivity contribution in [2.75, 3.05) is 25.5 Å². The Bertz CT molecular complexity index is 395. The third kappa shape index (κ3) is 3.42. The highest BCUT2D eigenvalue weighted by Gasteiger charge is 2.18. The molecule has 18 heavy (non-hydrogen) atoms. The Balaban J connectivity index is 1.81. The van der Waals surface area contributed by atoms with Crippen LogP contribution in [0.3, 0.4) is 0 Å². The van der Waals surface area contributed by atoms with Crippen LogP contribution in [-0.2, 0) is 0 Å². The van der Waals surface area contributed by atoms with E-state index in [2.05, 4.69) is 17.3 Å². The number of hydrogen-bond acceptors (Lipinski definition) is 2. The van der Waals surface area contributed by atoms with Crippen LogP contribution in [0.15, 0.2) is 18.2 Å². The summed E-state index contributed by atoms with van der Waals surface area (Å²) in [6, 6.07) is 4.22. The van der Waals surface area contributed by atoms with Gasteiger partial charge in [-0.05, 0) is 45.0 Å². The van der Waals surface area contributed by atoms with Gasteiger partial charge in [0.05, 0.1) is 5.69 Å². The smallest absolute Gasteiger partial charge is 0.149 e. The van der Waals surface area contributed by atoms with Gasteiger partial charge in [-0.25, -0.2) is 8.78 Å². The maximum Gasteiger partial charge on any atom is 0.149 e. The molecule has 0 bridgehead atoms. The molecule has 1 atom stereocenters. The lowest BCUT2D eigenvalue weighted by molar-refractivity contribution is 0.179. The van der Waals surface area contributed by atoms with Gasteiger partial charge < -0.3 is 10.2 Å². The lowest BCUT2D eigenvalue weighted by atomic mass is 10.0. The molecule has 1 aromatic rings. The van der Waals surface area contributed by atoms with Gasteiger partial charge in [0, 0.05) is 18.7 Å². The van der Waals surface area contributed by atoms with Gasteiger partial charge in [0.2, 0.25) is 0 Å². The first-order chi connectivity index (χ1) is 8.66. The van der Waals surface area contributed by atoms with Gasteiger partial charge in [-0.2, -0.15) is 0 Å². The van der Waals surface area contributed by atoms with Gasteiger partial charge in [0.1, 0.15) is 11.6 Å². The van der Waals surface area contributed by atoms with E-state index >= 15 is 0 Å². The normalized spacial score (nSPS) is 20.9. The van der Waals surface area contributed by atoms with Crippen molar-refractivity contribution in [2.45, 2.75) is 31.7 Å². The number of nitrogens with one attached hydrogen (secondary N) is 1. The van der Waals surface area contributed by atoms with Crippen LogP contribution in [0.25, 0.3) is 0 Å². The third-order valence-corrected chi connectivity index (χ3v) is 3.65. The van der Waals surface area contributed by atoms with Crippen LogP contribution in [-0.4, -0.2) is 31.1 Å². The fourth-order valence-corrected chi connectivity index (χ4v) is 2.52. The van der Waals surface area contributed by atoms with E-state index in [0.29, 0.717) is 11.7 Å². The maximum absolute atomic E-state index is 13.4. The molecule has 2 nitrogen and oxygen atoms in total. The van der Waals surface area contributed by atoms with Crippen LogP contribution in [0.5, 0.6) is 0 Å². The summed E-state index contributed by atoms with van der Waals surface area (Å²) in [6.07, 6.45) is 4.75. The lowest BCUT2D eigenvalue weighted by Gasteiger charge is -2.32. The molecule has 0 amide bonds. The number of anilines is 1. The van der Waals surface area contributed by atoms with Crippen molar-refractivity contribution in [2.24, 2.45) is 0 Å². The predicted molar refractivity (Wildman–Crippen MR) is 69.7 cm³/mol. The Morgan fingerprint density at radius 3 is 2.89 bits per heavy atom. The van der Waals surface area contributed by atoms with Crippen molar-refractivity contribution >= 4 is 5.69 Å². The summed E-state index contributed by atoms with van der Waals surface area (Å²) in [4.78, 5) is 2.37. The number of likely N-dealkylation sites (tertiary alicyclic amines) is 1. The zero-order valence-corrected chi connectivity index (χ0v) is 10.8. The molecule has 1 aliphatic rings. The molecule has 4 heteroatoms. The van der Waals surface area contributed by atoms with Crippen LogP contribution >= 0.6 is 0 Å². The Hall–Kier alpha value is -1.16. The second kappa shape index (κ2) is 6.14. The highest BCUT2D eigenvalue weighted by Crippen LogP contribution is 2.19. The minimum Gasteiger partial charge on any atom is -0.383 e. The molecule has 1 aromatic carbocycles. The molecule has 100 valence electrons. The van der Waals surface area contributed by atoms with Crippen molar-refractivity contribution in [1.29, 1.82) is 0 Å². The standard InChI is InChI=1S/C14H20F2N2/c1-18-9-3-2-4-12(18)7-8-17-14-6-5-11(15)10-13(14)16/h5-6,10,12,17H,2-4,7-9H2,1H3. The SMILES string of the molecule is CN1CCCCC1CCNc1ccc(F)cc1F. The monoisotopic (exact) mass is 254 g/mol. The first-order valence-corrected chi connectivity index (χ1v) is 6.56. The van der Waals surface area contributed by atoms with Crippen molar-refractivity contribution in [1.82, 2.24) is 4.90 Å². The topological polar surface area (TPSA) is 15.3 Å². The number of rotatable bonds is 4. The second-order valence-corrected chi connectivity index (χ2v) is 4.97. The molecule has 2 rings (SSSR count). The summed E-state index contributed by atoms with van der Waals surface area (Å²) >= 11 is 0. The molecule has 1 saturated heterocycles. The molecule has 1 fully saturated rings. The van der Waals surface area contributed by atoms with Crippen LogP contribution in [0.2, 0.25) is 0 Å². The van der Waals surface area contributed by atoms with Crippen LogP contribution in [0, 0.1) is 11.6 Å². The average molecular weight is 254 g/mol. The molecule has 1 N–H and O–H groups in total. The number of halogens is 2. The third-order valence-electron chi connectivity index (χ3n) is 3.65. The molecule has 0 radical (unpaired) electrons. The van der Waals surface area contributed by atoms with E-state index in [1.807, 2.05) is 0 Å². The van der Waals surface area contributed by atoms with E-state index in [9.17, 15) is 8.78 Å². The lowest BCUT2D eigenvalue weighted by Crippen LogP contribution is -2.37. The van der Waals surface area contributed by atoms with E-state index in [4.69, 9.17) is 0 Å². The first kappa shape index (κ1) is 13.3. The summed E-state index contributed by atoms with van der Waals surface area (Å²) in [5, 5.41) is 3.04. The number of hydrogen-bond donors (Lipinski definition) is 1. The highest BCUT2D eigenvalue weighted by atomic mass is 19.1. The fraction of sp³-hybridized carbons (Fsp3) is 0.571. The van der Waals surface area contributed by atoms with Crippen molar-refractivity contribution < 1.29 is 8.78 Å². The number of piperidine rings is 1. The largest absolute Gasteiger partial charge is 0.383 e. The molecule has 0 aromatic heterocycles. The maximum atomic E-state index is 13.4. The molecule has 1 heterocycles. The number of nitrogens with zero attached hydrogens (tertiary/aromatic N) is 1. The highest BCUT2D eigenvalue weighted by molar-refractivity contribution is 5.44. The zero-order chi connectivity index (χ0) is 13.0. The Morgan fingerprint density at radius 2 is 2.17 bits per heavy atom. The number of benzene rings is 1. The summed E-state index contributed by atoms with van der Waals surface area (Å²) < 4.78 is 26.1. The summed E-state index contributed by atoms with van der Waals surface area (Å²) in [7, 11) is 2.14. The summed E-state index contributed by atoms with van der Waals surface area (Å²) in [6.45, 7) is 1.87. The first-order valence-electron chi connectivity index (χ1n) is 6.56. The minimum absolute atomic E-state index is 0.384. The van der Waals surface area contributed by atoms with Gasteiger partial charge in [0.15, 0.2) is 0 Å². The Kier molecular flexibility index (Phi) is 4.53. The van der Waals surface area contributed by atoms with Crippen molar-refractivity contribution in [3.05, 3.63) is 29.8 Å². The molecule has 1 aliphatic heterocycles. The van der Waals surface area contributed by atoms with Crippen molar-refractivity contribution in [3.63, 3.8) is 0 Å². The second-order valence-electron chi connectivity index (χ2n) is 4.97. The fourth-order valence-electron chi connectivity index (χ4n) is 2.52. The van der Waals surface area contributed by atoms with Crippen LogP contribution in [0.4, 0.5) is 14.5 Å². The Morgan fingerprint density at radius 1 is 1.33 bits per heavy atom. The zero-order valence-electron chi connectivity index (χ0n) is 10.8. The molecule has 0 saturated carbocycles. The summed E-state index contributed by atoms with van der Waals surface area (Å²) in [5.74, 6) is -1.06. The van der Waals surface area contributed by atoms with Gasteiger partial charge in [-0.15, -0.1) is 0 Å². The van der Waals surface area contributed by atoms with Crippen LogP contribution < -0.4 is 5.32 Å². The van der Waals surface area contributed by atoms with Crippen molar-refractivity contribution in [3.8, 4) is 0 Å². The van der Waals surface area contributed by atoms with Crippen LogP contribution in [0.1, 0.15) is 25.7 Å². The molecular weight excluding hydrogens is 234 g/mol. The van der Waals surface area contributed by atoms with Gasteiger partial charge in [0.25, 0.3) is 0 Å². The van der Waals surface area contributed by atoms with Gasteiger partial charge in [-0.3, -0.25) is 0 Å². The predicted octanol–water partition coefficient (Wildman–Crippen LogP) is 3.25. The van der Waals surface area contributed by atoms with Gasteiger partial charge >= 0.3 is 0 Å². The quantitative estimate of drug-likeness (QED) is 0.887. The molecular formula is C14H20F2N2. The van der Waals surface area contributed by atoms with E-state index in [0.717, 1.165) is 25.6 Å². The minimum atomic E-state index is -0.537. The molecule has 0 aliphatic carbocycles. The molecule has 0 spiro atoms. The van der Waals surface area contributed by atoms with Gasteiger partial charge in [-0.1, -0.05) is 6.42 Å². The van der Waals surface area contributed by atoms with E-state index in [-0.39, 0.29) is 0 Å². The summed E-state index contributed by atoms with van der Waals surface area (Å²) in [5.41, 5.74) is 0.384. The van der Waals surface area contributed by atoms with E-state index in [1.54, 1.807) is 0 Å². The Labute approximate surface area is 107 Å². The average Bonchev–Trinajstić information content (AvgIpc) is 2.34. The molecule has 1 unspecified atom stereocenters.